The quantitative estimate of drug-likeness (QED) is 0.151. The molecule has 4 rings (SSSR count). The number of benzene rings is 3. The fraction of sp³-hybridized carbons (Fsp3) is 0.265. The summed E-state index contributed by atoms with van der Waals surface area (Å²) < 4.78 is 10.6. The van der Waals surface area contributed by atoms with Crippen LogP contribution in [0, 0.1) is 0 Å². The molecule has 3 unspecified atom stereocenters. The van der Waals surface area contributed by atoms with Gasteiger partial charge in [-0.25, -0.2) is 14.6 Å². The molecule has 4 aromatic rings. The van der Waals surface area contributed by atoms with Gasteiger partial charge in [0.1, 0.15) is 24.7 Å². The van der Waals surface area contributed by atoms with Gasteiger partial charge in [-0.1, -0.05) is 91.0 Å². The zero-order chi connectivity index (χ0) is 31.9. The van der Waals surface area contributed by atoms with Crippen molar-refractivity contribution in [3.05, 3.63) is 126 Å². The number of aromatic amines is 1. The lowest BCUT2D eigenvalue weighted by Crippen LogP contribution is -2.57. The van der Waals surface area contributed by atoms with Gasteiger partial charge in [0.05, 0.1) is 12.9 Å². The predicted octanol–water partition coefficient (Wildman–Crippen LogP) is 3.27. The molecule has 0 aliphatic heterocycles. The summed E-state index contributed by atoms with van der Waals surface area (Å²) in [6.45, 7) is 1.85. The monoisotopic (exact) mass is 611 g/mol. The molecule has 3 atom stereocenters. The number of hydrogen-bond donors (Lipinski definition) is 4. The van der Waals surface area contributed by atoms with Gasteiger partial charge < -0.3 is 30.4 Å². The van der Waals surface area contributed by atoms with E-state index in [2.05, 4.69) is 25.9 Å². The maximum Gasteiger partial charge on any atom is 0.408 e. The maximum atomic E-state index is 13.8. The SMILES string of the molecule is CCOC(=O)C(Cc1ccccc1)NC(=O)C(Cc1ccccc1)NC(=O)C(Cc1cnc[nH]1)NC(=O)OCc1ccccc1. The third-order valence-corrected chi connectivity index (χ3v) is 6.89. The van der Waals surface area contributed by atoms with Crippen LogP contribution < -0.4 is 16.0 Å². The van der Waals surface area contributed by atoms with E-state index in [0.717, 1.165) is 16.7 Å². The van der Waals surface area contributed by atoms with Crippen molar-refractivity contribution in [3.63, 3.8) is 0 Å². The molecule has 0 aliphatic carbocycles. The van der Waals surface area contributed by atoms with E-state index in [1.165, 1.54) is 6.33 Å². The molecule has 3 aromatic carbocycles. The second-order valence-corrected chi connectivity index (χ2v) is 10.3. The number of nitrogens with zero attached hydrogens (tertiary/aromatic N) is 1. The molecule has 234 valence electrons. The Hall–Kier alpha value is -5.45. The molecule has 0 saturated carbocycles. The molecule has 4 N–H and O–H groups in total. The Balaban J connectivity index is 1.51. The summed E-state index contributed by atoms with van der Waals surface area (Å²) in [4.78, 5) is 60.0. The molecular weight excluding hydrogens is 574 g/mol. The summed E-state index contributed by atoms with van der Waals surface area (Å²) in [6, 6.07) is 24.4. The van der Waals surface area contributed by atoms with E-state index in [0.29, 0.717) is 5.69 Å². The van der Waals surface area contributed by atoms with Crippen LogP contribution in [0.25, 0.3) is 0 Å². The molecule has 0 spiro atoms. The highest BCUT2D eigenvalue weighted by atomic mass is 16.5. The molecule has 1 heterocycles. The van der Waals surface area contributed by atoms with Crippen molar-refractivity contribution >= 4 is 23.9 Å². The molecule has 45 heavy (non-hydrogen) atoms. The lowest BCUT2D eigenvalue weighted by atomic mass is 10.0. The highest BCUT2D eigenvalue weighted by Gasteiger charge is 2.31. The maximum absolute atomic E-state index is 13.8. The molecule has 0 bridgehead atoms. The first-order chi connectivity index (χ1) is 21.9. The Kier molecular flexibility index (Phi) is 12.3. The smallest absolute Gasteiger partial charge is 0.408 e. The van der Waals surface area contributed by atoms with Gasteiger partial charge in [0.25, 0.3) is 0 Å². The minimum atomic E-state index is -1.11. The van der Waals surface area contributed by atoms with Gasteiger partial charge >= 0.3 is 12.1 Å². The Morgan fingerprint density at radius 2 is 1.18 bits per heavy atom. The van der Waals surface area contributed by atoms with Crippen molar-refractivity contribution in [2.45, 2.75) is 50.9 Å². The summed E-state index contributed by atoms with van der Waals surface area (Å²) in [5, 5.41) is 8.19. The first-order valence-electron chi connectivity index (χ1n) is 14.7. The topological polar surface area (TPSA) is 152 Å². The third kappa shape index (κ3) is 10.6. The molecule has 11 heteroatoms. The van der Waals surface area contributed by atoms with Crippen molar-refractivity contribution in [2.75, 3.05) is 6.61 Å². The molecule has 0 radical (unpaired) electrons. The van der Waals surface area contributed by atoms with E-state index in [9.17, 15) is 19.2 Å². The summed E-state index contributed by atoms with van der Waals surface area (Å²) in [6.07, 6.45) is 2.60. The van der Waals surface area contributed by atoms with Gasteiger partial charge in [-0.05, 0) is 23.6 Å². The summed E-state index contributed by atoms with van der Waals surface area (Å²) in [5.41, 5.74) is 2.99. The van der Waals surface area contributed by atoms with Crippen LogP contribution in [0.4, 0.5) is 4.79 Å². The van der Waals surface area contributed by atoms with Crippen LogP contribution in [0.15, 0.2) is 104 Å². The van der Waals surface area contributed by atoms with E-state index < -0.39 is 42.0 Å². The fourth-order valence-electron chi connectivity index (χ4n) is 4.62. The fourth-order valence-corrected chi connectivity index (χ4v) is 4.62. The molecule has 0 saturated heterocycles. The van der Waals surface area contributed by atoms with Crippen LogP contribution in [0.5, 0.6) is 0 Å². The molecule has 0 fully saturated rings. The number of aromatic nitrogens is 2. The van der Waals surface area contributed by atoms with E-state index in [-0.39, 0.29) is 32.5 Å². The Morgan fingerprint density at radius 3 is 1.71 bits per heavy atom. The molecule has 3 amide bonds. The molecule has 1 aromatic heterocycles. The van der Waals surface area contributed by atoms with Crippen molar-refractivity contribution in [3.8, 4) is 0 Å². The number of ether oxygens (including phenoxy) is 2. The van der Waals surface area contributed by atoms with Crippen LogP contribution in [-0.2, 0) is 49.7 Å². The van der Waals surface area contributed by atoms with Crippen LogP contribution in [-0.4, -0.2) is 58.6 Å². The number of esters is 1. The van der Waals surface area contributed by atoms with Crippen LogP contribution in [0.3, 0.4) is 0 Å². The Morgan fingerprint density at radius 1 is 0.667 bits per heavy atom. The van der Waals surface area contributed by atoms with Gasteiger partial charge in [0.2, 0.25) is 11.8 Å². The van der Waals surface area contributed by atoms with Crippen LogP contribution in [0.2, 0.25) is 0 Å². The minimum absolute atomic E-state index is 0.0147. The van der Waals surface area contributed by atoms with Crippen LogP contribution >= 0.6 is 0 Å². The van der Waals surface area contributed by atoms with E-state index >= 15 is 0 Å². The first-order valence-corrected chi connectivity index (χ1v) is 14.7. The predicted molar refractivity (Wildman–Crippen MR) is 167 cm³/mol. The highest BCUT2D eigenvalue weighted by molar-refractivity contribution is 5.93. The van der Waals surface area contributed by atoms with E-state index in [1.54, 1.807) is 13.1 Å². The average molecular weight is 612 g/mol. The standard InChI is InChI=1S/C34H37N5O6/c1-2-44-33(42)30(19-25-14-8-4-9-15-25)38-31(40)28(18-24-12-6-3-7-13-24)37-32(41)29(20-27-21-35-23-36-27)39-34(43)45-22-26-16-10-5-11-17-26/h3-17,21,23,28-30H,2,18-20,22H2,1H3,(H,35,36)(H,37,41)(H,38,40)(H,39,43). The van der Waals surface area contributed by atoms with E-state index in [4.69, 9.17) is 9.47 Å². The molecule has 0 aliphatic rings. The Labute approximate surface area is 261 Å². The summed E-state index contributed by atoms with van der Waals surface area (Å²) >= 11 is 0. The first kappa shape index (κ1) is 32.5. The number of hydrogen-bond acceptors (Lipinski definition) is 7. The number of carbonyl (C=O) groups is 4. The second kappa shape index (κ2) is 17.0. The number of nitrogens with one attached hydrogen (secondary N) is 4. The largest absolute Gasteiger partial charge is 0.464 e. The third-order valence-electron chi connectivity index (χ3n) is 6.89. The number of rotatable bonds is 15. The number of alkyl carbamates (subject to hydrolysis) is 1. The highest BCUT2D eigenvalue weighted by Crippen LogP contribution is 2.09. The van der Waals surface area contributed by atoms with Gasteiger partial charge in [-0.2, -0.15) is 0 Å². The van der Waals surface area contributed by atoms with Crippen molar-refractivity contribution in [1.82, 2.24) is 25.9 Å². The lowest BCUT2D eigenvalue weighted by molar-refractivity contribution is -0.147. The summed E-state index contributed by atoms with van der Waals surface area (Å²) in [7, 11) is 0. The zero-order valence-corrected chi connectivity index (χ0v) is 25.0. The van der Waals surface area contributed by atoms with Gasteiger partial charge in [-0.3, -0.25) is 9.59 Å². The van der Waals surface area contributed by atoms with Gasteiger partial charge in [0.15, 0.2) is 0 Å². The molecular formula is C34H37N5O6. The zero-order valence-electron chi connectivity index (χ0n) is 25.0. The lowest BCUT2D eigenvalue weighted by Gasteiger charge is -2.25. The number of carbonyl (C=O) groups excluding carboxylic acids is 4. The molecule has 11 nitrogen and oxygen atoms in total. The average Bonchev–Trinajstić information content (AvgIpc) is 3.57. The second-order valence-electron chi connectivity index (χ2n) is 10.3. The number of H-pyrrole nitrogens is 1. The number of imidazole rings is 1. The van der Waals surface area contributed by atoms with Gasteiger partial charge in [0, 0.05) is 31.2 Å². The van der Waals surface area contributed by atoms with E-state index in [1.807, 2.05) is 91.0 Å². The van der Waals surface area contributed by atoms with Crippen molar-refractivity contribution in [1.29, 1.82) is 0 Å². The normalized spacial score (nSPS) is 12.6. The minimum Gasteiger partial charge on any atom is -0.464 e. The van der Waals surface area contributed by atoms with Crippen molar-refractivity contribution < 1.29 is 28.7 Å². The van der Waals surface area contributed by atoms with Crippen LogP contribution in [0.1, 0.15) is 29.3 Å². The Bertz CT molecular complexity index is 1500. The number of amides is 3. The summed E-state index contributed by atoms with van der Waals surface area (Å²) in [5.74, 6) is -1.78. The van der Waals surface area contributed by atoms with Crippen molar-refractivity contribution in [2.24, 2.45) is 0 Å². The van der Waals surface area contributed by atoms with Gasteiger partial charge in [-0.15, -0.1) is 0 Å².